The molecule has 0 aromatic rings. The molecule has 2 heterocycles. The molecule has 0 bridgehead atoms. The number of hydrogen-bond donors (Lipinski definition) is 2. The zero-order chi connectivity index (χ0) is 14.0. The van der Waals surface area contributed by atoms with Crippen LogP contribution in [0.25, 0.3) is 0 Å². The first-order valence-electron chi connectivity index (χ1n) is 7.77. The molecule has 0 aliphatic carbocycles. The lowest BCUT2D eigenvalue weighted by Crippen LogP contribution is -2.56. The zero-order valence-corrected chi connectivity index (χ0v) is 12.8. The molecule has 2 aliphatic heterocycles. The van der Waals surface area contributed by atoms with E-state index in [1.54, 1.807) is 0 Å². The third kappa shape index (κ3) is 3.69. The topological polar surface area (TPSA) is 52.7 Å². The van der Waals surface area contributed by atoms with Gasteiger partial charge < -0.3 is 20.6 Å². The molecule has 2 rings (SSSR count). The Balaban J connectivity index is 1.89. The van der Waals surface area contributed by atoms with Gasteiger partial charge in [-0.3, -0.25) is 0 Å². The highest BCUT2D eigenvalue weighted by molar-refractivity contribution is 4.92. The number of likely N-dealkylation sites (tertiary alicyclic amines) is 2. The van der Waals surface area contributed by atoms with Crippen LogP contribution in [0.15, 0.2) is 0 Å². The van der Waals surface area contributed by atoms with Crippen molar-refractivity contribution in [1.82, 2.24) is 9.80 Å². The van der Waals surface area contributed by atoms with Crippen LogP contribution in [0.3, 0.4) is 0 Å². The molecule has 0 radical (unpaired) electrons. The summed E-state index contributed by atoms with van der Waals surface area (Å²) in [7, 11) is 2.28. The number of fused-ring (bicyclic) bond motifs is 1. The van der Waals surface area contributed by atoms with Crippen LogP contribution in [0, 0.1) is 5.92 Å². The van der Waals surface area contributed by atoms with Gasteiger partial charge in [-0.15, -0.1) is 0 Å². The summed E-state index contributed by atoms with van der Waals surface area (Å²) in [5, 5.41) is 9.31. The summed E-state index contributed by atoms with van der Waals surface area (Å²) in [6.45, 7) is 7.92. The monoisotopic (exact) mass is 269 g/mol. The number of hydrogen-bond acceptors (Lipinski definition) is 4. The molecule has 4 nitrogen and oxygen atoms in total. The van der Waals surface area contributed by atoms with E-state index < -0.39 is 5.54 Å². The summed E-state index contributed by atoms with van der Waals surface area (Å²) in [5.41, 5.74) is 5.65. The Morgan fingerprint density at radius 1 is 1.37 bits per heavy atom. The van der Waals surface area contributed by atoms with E-state index in [4.69, 9.17) is 5.73 Å². The molecular weight excluding hydrogens is 238 g/mol. The normalized spacial score (nSPS) is 34.6. The van der Waals surface area contributed by atoms with E-state index in [0.29, 0.717) is 6.04 Å². The van der Waals surface area contributed by atoms with Crippen molar-refractivity contribution >= 4 is 0 Å². The summed E-state index contributed by atoms with van der Waals surface area (Å²) in [5.74, 6) is 0.827. The van der Waals surface area contributed by atoms with Crippen LogP contribution in [-0.2, 0) is 0 Å². The van der Waals surface area contributed by atoms with Gasteiger partial charge in [-0.2, -0.15) is 0 Å². The third-order valence-electron chi connectivity index (χ3n) is 5.12. The minimum atomic E-state index is -0.445. The first-order valence-corrected chi connectivity index (χ1v) is 7.77. The van der Waals surface area contributed by atoms with Gasteiger partial charge in [0.05, 0.1) is 6.61 Å². The highest BCUT2D eigenvalue weighted by Gasteiger charge is 2.36. The maximum Gasteiger partial charge on any atom is 0.0609 e. The molecule has 3 N–H and O–H groups in total. The van der Waals surface area contributed by atoms with Crippen molar-refractivity contribution < 1.29 is 5.11 Å². The number of rotatable bonds is 4. The molecule has 0 saturated carbocycles. The molecule has 0 aromatic heterocycles. The van der Waals surface area contributed by atoms with Crippen molar-refractivity contribution in [3.8, 4) is 0 Å². The molecular formula is C15H31N3O. The van der Waals surface area contributed by atoms with Gasteiger partial charge in [-0.1, -0.05) is 0 Å². The van der Waals surface area contributed by atoms with Crippen LogP contribution in [0.4, 0.5) is 0 Å². The Bertz CT molecular complexity index is 295. The van der Waals surface area contributed by atoms with E-state index in [-0.39, 0.29) is 6.61 Å². The van der Waals surface area contributed by atoms with Crippen LogP contribution < -0.4 is 5.73 Å². The molecule has 0 amide bonds. The van der Waals surface area contributed by atoms with Crippen LogP contribution in [-0.4, -0.2) is 65.8 Å². The minimum Gasteiger partial charge on any atom is -0.394 e. The summed E-state index contributed by atoms with van der Waals surface area (Å²) >= 11 is 0. The first-order chi connectivity index (χ1) is 8.93. The predicted molar refractivity (Wildman–Crippen MR) is 79.1 cm³/mol. The van der Waals surface area contributed by atoms with Crippen LogP contribution in [0.5, 0.6) is 0 Å². The Hall–Kier alpha value is -0.160. The lowest BCUT2D eigenvalue weighted by Gasteiger charge is -2.48. The van der Waals surface area contributed by atoms with Gasteiger partial charge in [-0.25, -0.2) is 0 Å². The van der Waals surface area contributed by atoms with Gasteiger partial charge in [-0.05, 0) is 65.6 Å². The van der Waals surface area contributed by atoms with E-state index in [2.05, 4.69) is 23.8 Å². The van der Waals surface area contributed by atoms with Gasteiger partial charge >= 0.3 is 0 Å². The lowest BCUT2D eigenvalue weighted by atomic mass is 9.83. The molecule has 2 fully saturated rings. The molecule has 0 aromatic carbocycles. The molecule has 112 valence electrons. The fraction of sp³-hybridized carbons (Fsp3) is 1.00. The van der Waals surface area contributed by atoms with Crippen LogP contribution >= 0.6 is 0 Å². The van der Waals surface area contributed by atoms with Gasteiger partial charge in [0.15, 0.2) is 0 Å². The van der Waals surface area contributed by atoms with Gasteiger partial charge in [0.2, 0.25) is 0 Å². The van der Waals surface area contributed by atoms with Gasteiger partial charge in [0, 0.05) is 24.2 Å². The number of nitrogens with two attached hydrogens (primary N) is 1. The van der Waals surface area contributed by atoms with E-state index in [1.807, 2.05) is 6.92 Å². The smallest absolute Gasteiger partial charge is 0.0609 e. The van der Waals surface area contributed by atoms with Crippen molar-refractivity contribution in [1.29, 1.82) is 0 Å². The van der Waals surface area contributed by atoms with Crippen molar-refractivity contribution in [2.24, 2.45) is 11.7 Å². The molecule has 2 aliphatic rings. The SMILES string of the molecule is CC(CC(C)(N)CO)N1CCC2C(CCCN2C)C1. The largest absolute Gasteiger partial charge is 0.394 e. The number of aliphatic hydroxyl groups is 1. The number of nitrogens with zero attached hydrogens (tertiary/aromatic N) is 2. The summed E-state index contributed by atoms with van der Waals surface area (Å²) in [6.07, 6.45) is 4.87. The quantitative estimate of drug-likeness (QED) is 0.796. The van der Waals surface area contributed by atoms with Crippen molar-refractivity contribution in [2.75, 3.05) is 33.3 Å². The van der Waals surface area contributed by atoms with Crippen molar-refractivity contribution in [2.45, 2.75) is 57.2 Å². The highest BCUT2D eigenvalue weighted by Crippen LogP contribution is 2.31. The molecule has 4 atom stereocenters. The minimum absolute atomic E-state index is 0.0694. The number of aliphatic hydroxyl groups excluding tert-OH is 1. The van der Waals surface area contributed by atoms with Crippen LogP contribution in [0.2, 0.25) is 0 Å². The van der Waals surface area contributed by atoms with E-state index >= 15 is 0 Å². The van der Waals surface area contributed by atoms with Gasteiger partial charge in [0.1, 0.15) is 0 Å². The molecule has 0 spiro atoms. The fourth-order valence-corrected chi connectivity index (χ4v) is 3.95. The van der Waals surface area contributed by atoms with Gasteiger partial charge in [0.25, 0.3) is 0 Å². The standard InChI is InChI=1S/C15H31N3O/c1-12(9-15(2,16)11-19)18-8-6-14-13(10-18)5-4-7-17(14)3/h12-14,19H,4-11,16H2,1-3H3. The second-order valence-corrected chi connectivity index (χ2v) is 7.10. The maximum absolute atomic E-state index is 9.31. The average molecular weight is 269 g/mol. The second kappa shape index (κ2) is 6.08. The molecule has 2 saturated heterocycles. The summed E-state index contributed by atoms with van der Waals surface area (Å²) < 4.78 is 0. The lowest BCUT2D eigenvalue weighted by molar-refractivity contribution is 0.0157. The Labute approximate surface area is 117 Å². The zero-order valence-electron chi connectivity index (χ0n) is 12.8. The van der Waals surface area contributed by atoms with Crippen molar-refractivity contribution in [3.63, 3.8) is 0 Å². The van der Waals surface area contributed by atoms with E-state index in [0.717, 1.165) is 18.4 Å². The summed E-state index contributed by atoms with van der Waals surface area (Å²) in [6, 6.07) is 1.26. The maximum atomic E-state index is 9.31. The molecule has 19 heavy (non-hydrogen) atoms. The Kier molecular flexibility index (Phi) is 4.88. The second-order valence-electron chi connectivity index (χ2n) is 7.10. The average Bonchev–Trinajstić information content (AvgIpc) is 2.38. The van der Waals surface area contributed by atoms with Crippen LogP contribution in [0.1, 0.15) is 39.5 Å². The predicted octanol–water partition coefficient (Wildman–Crippen LogP) is 0.891. The first kappa shape index (κ1) is 15.2. The fourth-order valence-electron chi connectivity index (χ4n) is 3.95. The molecule has 4 unspecified atom stereocenters. The van der Waals surface area contributed by atoms with E-state index in [9.17, 15) is 5.11 Å². The Morgan fingerprint density at radius 2 is 2.11 bits per heavy atom. The molecule has 4 heteroatoms. The number of piperidine rings is 2. The van der Waals surface area contributed by atoms with Crippen molar-refractivity contribution in [3.05, 3.63) is 0 Å². The Morgan fingerprint density at radius 3 is 2.79 bits per heavy atom. The third-order valence-corrected chi connectivity index (χ3v) is 5.12. The van der Waals surface area contributed by atoms with E-state index in [1.165, 1.54) is 38.9 Å². The summed E-state index contributed by atoms with van der Waals surface area (Å²) in [4.78, 5) is 5.14. The highest BCUT2D eigenvalue weighted by atomic mass is 16.3.